The highest BCUT2D eigenvalue weighted by molar-refractivity contribution is 7.99. The van der Waals surface area contributed by atoms with Gasteiger partial charge in [-0.1, -0.05) is 36.0 Å². The van der Waals surface area contributed by atoms with Crippen molar-refractivity contribution in [2.24, 2.45) is 0 Å². The number of benzene rings is 3. The summed E-state index contributed by atoms with van der Waals surface area (Å²) >= 11 is 1.40. The third kappa shape index (κ3) is 3.93. The summed E-state index contributed by atoms with van der Waals surface area (Å²) in [6, 6.07) is 22.5. The number of carbonyl (C=O) groups is 2. The van der Waals surface area contributed by atoms with Crippen molar-refractivity contribution < 1.29 is 9.59 Å². The molecule has 5 nitrogen and oxygen atoms in total. The number of aryl methyl sites for hydroxylation is 1. The molecule has 0 radical (unpaired) electrons. The molecule has 3 aromatic carbocycles. The number of nitrogens with one attached hydrogen (secondary N) is 1. The number of carbonyl (C=O) groups excluding carboxylic acids is 2. The molecule has 0 aliphatic carbocycles. The highest BCUT2D eigenvalue weighted by atomic mass is 32.2. The summed E-state index contributed by atoms with van der Waals surface area (Å²) < 4.78 is 0. The topological polar surface area (TPSA) is 73.2 Å². The predicted octanol–water partition coefficient (Wildman–Crippen LogP) is 4.87. The molecule has 0 bridgehead atoms. The molecule has 4 rings (SSSR count). The van der Waals surface area contributed by atoms with Crippen LogP contribution in [0.5, 0.6) is 0 Å². The van der Waals surface area contributed by atoms with Crippen LogP contribution in [0.3, 0.4) is 0 Å². The molecule has 0 saturated carbocycles. The molecular formula is C24H19N3O2S. The van der Waals surface area contributed by atoms with E-state index in [0.717, 1.165) is 21.0 Å². The van der Waals surface area contributed by atoms with Gasteiger partial charge in [0.25, 0.3) is 5.91 Å². The first-order valence-corrected chi connectivity index (χ1v) is 10.4. The lowest BCUT2D eigenvalue weighted by Gasteiger charge is -2.26. The van der Waals surface area contributed by atoms with Gasteiger partial charge in [0.2, 0.25) is 5.91 Å². The number of anilines is 2. The fraction of sp³-hybridized carbons (Fsp3) is 0.125. The molecule has 0 aromatic heterocycles. The molecule has 1 aliphatic rings. The van der Waals surface area contributed by atoms with Crippen molar-refractivity contribution in [3.63, 3.8) is 0 Å². The van der Waals surface area contributed by atoms with Crippen LogP contribution in [0.4, 0.5) is 11.4 Å². The minimum Gasteiger partial charge on any atom is -0.322 e. The van der Waals surface area contributed by atoms with Crippen LogP contribution in [-0.4, -0.2) is 18.9 Å². The number of fused-ring (bicyclic) bond motifs is 1. The Hall–Kier alpha value is -3.56. The van der Waals surface area contributed by atoms with Crippen LogP contribution in [0.1, 0.15) is 27.9 Å². The number of rotatable bonds is 4. The van der Waals surface area contributed by atoms with E-state index in [4.69, 9.17) is 0 Å². The monoisotopic (exact) mass is 413 g/mol. The Morgan fingerprint density at radius 3 is 2.57 bits per heavy atom. The van der Waals surface area contributed by atoms with E-state index in [1.165, 1.54) is 11.8 Å². The normalized spacial score (nSPS) is 12.8. The molecule has 0 spiro atoms. The Kier molecular flexibility index (Phi) is 5.55. The van der Waals surface area contributed by atoms with E-state index in [1.54, 1.807) is 24.1 Å². The lowest BCUT2D eigenvalue weighted by atomic mass is 10.0. The smallest absolute Gasteiger partial charge is 0.256 e. The van der Waals surface area contributed by atoms with E-state index in [-0.39, 0.29) is 11.8 Å². The molecule has 1 aliphatic heterocycles. The average Bonchev–Trinajstić information content (AvgIpc) is 2.77. The first kappa shape index (κ1) is 19.7. The van der Waals surface area contributed by atoms with Gasteiger partial charge in [0.1, 0.15) is 6.07 Å². The van der Waals surface area contributed by atoms with Gasteiger partial charge in [-0.3, -0.25) is 9.59 Å². The Balaban J connectivity index is 1.58. The molecule has 1 N–H and O–H groups in total. The minimum atomic E-state index is -0.215. The third-order valence-corrected chi connectivity index (χ3v) is 6.19. The molecule has 0 saturated heterocycles. The summed E-state index contributed by atoms with van der Waals surface area (Å²) in [5, 5.41) is 12.3. The molecule has 0 atom stereocenters. The van der Waals surface area contributed by atoms with Gasteiger partial charge in [-0.05, 0) is 54.4 Å². The van der Waals surface area contributed by atoms with Crippen molar-refractivity contribution >= 4 is 35.0 Å². The van der Waals surface area contributed by atoms with Gasteiger partial charge < -0.3 is 10.2 Å². The zero-order valence-electron chi connectivity index (χ0n) is 16.4. The van der Waals surface area contributed by atoms with Crippen molar-refractivity contribution in [3.05, 3.63) is 83.4 Å². The highest BCUT2D eigenvalue weighted by Gasteiger charge is 2.21. The van der Waals surface area contributed by atoms with Gasteiger partial charge in [-0.15, -0.1) is 0 Å². The molecule has 148 valence electrons. The number of hydrogen-bond acceptors (Lipinski definition) is 4. The molecule has 30 heavy (non-hydrogen) atoms. The van der Waals surface area contributed by atoms with E-state index in [1.807, 2.05) is 54.6 Å². The van der Waals surface area contributed by atoms with Crippen molar-refractivity contribution in [3.8, 4) is 6.07 Å². The standard InChI is InChI=1S/C24H19N3O2S/c1-27-20-12-11-18(14-16(20)10-13-23(27)28)26-24(29)19-7-3-5-9-22(19)30-21-8-4-2-6-17(21)15-25/h2-9,11-12,14H,10,13H2,1H3,(H,26,29). The van der Waals surface area contributed by atoms with Crippen LogP contribution in [0.15, 0.2) is 76.5 Å². The summed E-state index contributed by atoms with van der Waals surface area (Å²) in [4.78, 5) is 28.1. The van der Waals surface area contributed by atoms with E-state index in [0.29, 0.717) is 29.7 Å². The molecule has 1 heterocycles. The highest BCUT2D eigenvalue weighted by Crippen LogP contribution is 2.33. The quantitative estimate of drug-likeness (QED) is 0.662. The van der Waals surface area contributed by atoms with Crippen molar-refractivity contribution in [2.45, 2.75) is 22.6 Å². The zero-order chi connectivity index (χ0) is 21.1. The summed E-state index contributed by atoms with van der Waals surface area (Å²) in [6.45, 7) is 0. The van der Waals surface area contributed by atoms with Gasteiger partial charge in [0.05, 0.1) is 11.1 Å². The second-order valence-electron chi connectivity index (χ2n) is 6.96. The van der Waals surface area contributed by atoms with Crippen LogP contribution < -0.4 is 10.2 Å². The minimum absolute atomic E-state index is 0.0999. The average molecular weight is 414 g/mol. The molecular weight excluding hydrogens is 394 g/mol. The summed E-state index contributed by atoms with van der Waals surface area (Å²) in [5.41, 5.74) is 3.74. The number of nitrogens with zero attached hydrogens (tertiary/aromatic N) is 2. The van der Waals surface area contributed by atoms with Crippen LogP contribution in [-0.2, 0) is 11.2 Å². The number of hydrogen-bond donors (Lipinski definition) is 1. The Morgan fingerprint density at radius 1 is 1.03 bits per heavy atom. The zero-order valence-corrected chi connectivity index (χ0v) is 17.2. The number of nitriles is 1. The molecule has 6 heteroatoms. The van der Waals surface area contributed by atoms with E-state index >= 15 is 0 Å². The third-order valence-electron chi connectivity index (χ3n) is 5.04. The number of amides is 2. The lowest BCUT2D eigenvalue weighted by molar-refractivity contribution is -0.118. The van der Waals surface area contributed by atoms with E-state index in [2.05, 4.69) is 11.4 Å². The largest absolute Gasteiger partial charge is 0.322 e. The van der Waals surface area contributed by atoms with Crippen LogP contribution >= 0.6 is 11.8 Å². The Morgan fingerprint density at radius 2 is 1.77 bits per heavy atom. The Labute approximate surface area is 179 Å². The van der Waals surface area contributed by atoms with Gasteiger partial charge in [-0.2, -0.15) is 5.26 Å². The van der Waals surface area contributed by atoms with Gasteiger partial charge in [0, 0.05) is 34.6 Å². The second kappa shape index (κ2) is 8.44. The lowest BCUT2D eigenvalue weighted by Crippen LogP contribution is -2.31. The van der Waals surface area contributed by atoms with Crippen molar-refractivity contribution in [1.82, 2.24) is 0 Å². The van der Waals surface area contributed by atoms with E-state index < -0.39 is 0 Å². The predicted molar refractivity (Wildman–Crippen MR) is 118 cm³/mol. The maximum Gasteiger partial charge on any atom is 0.256 e. The van der Waals surface area contributed by atoms with Gasteiger partial charge in [-0.25, -0.2) is 0 Å². The molecule has 0 unspecified atom stereocenters. The van der Waals surface area contributed by atoms with Gasteiger partial charge in [0.15, 0.2) is 0 Å². The molecule has 0 fully saturated rings. The second-order valence-corrected chi connectivity index (χ2v) is 8.04. The van der Waals surface area contributed by atoms with Crippen LogP contribution in [0, 0.1) is 11.3 Å². The van der Waals surface area contributed by atoms with Crippen LogP contribution in [0.2, 0.25) is 0 Å². The van der Waals surface area contributed by atoms with Crippen molar-refractivity contribution in [2.75, 3.05) is 17.3 Å². The summed E-state index contributed by atoms with van der Waals surface area (Å²) in [6.07, 6.45) is 1.14. The Bertz CT molecular complexity index is 1180. The first-order valence-electron chi connectivity index (χ1n) is 9.53. The van der Waals surface area contributed by atoms with Crippen molar-refractivity contribution in [1.29, 1.82) is 5.26 Å². The SMILES string of the molecule is CN1C(=O)CCc2cc(NC(=O)c3ccccc3Sc3ccccc3C#N)ccc21. The summed E-state index contributed by atoms with van der Waals surface area (Å²) in [5.74, 6) is -0.115. The summed E-state index contributed by atoms with van der Waals surface area (Å²) in [7, 11) is 1.77. The maximum atomic E-state index is 13.0. The fourth-order valence-corrected chi connectivity index (χ4v) is 4.47. The first-order chi connectivity index (χ1) is 14.6. The molecule has 3 aromatic rings. The van der Waals surface area contributed by atoms with Crippen LogP contribution in [0.25, 0.3) is 0 Å². The fourth-order valence-electron chi connectivity index (χ4n) is 3.44. The molecule has 2 amide bonds. The maximum absolute atomic E-state index is 13.0. The van der Waals surface area contributed by atoms with Gasteiger partial charge >= 0.3 is 0 Å². The van der Waals surface area contributed by atoms with E-state index in [9.17, 15) is 14.9 Å².